The summed E-state index contributed by atoms with van der Waals surface area (Å²) in [4.78, 5) is 2.42. The van der Waals surface area contributed by atoms with E-state index in [4.69, 9.17) is 9.47 Å². The Kier molecular flexibility index (Phi) is 8.59. The summed E-state index contributed by atoms with van der Waals surface area (Å²) in [5, 5.41) is 9.83. The lowest BCUT2D eigenvalue weighted by Gasteiger charge is -2.24. The van der Waals surface area contributed by atoms with Gasteiger partial charge in [0, 0.05) is 33.9 Å². The van der Waals surface area contributed by atoms with Crippen LogP contribution in [0.5, 0.6) is 0 Å². The molecule has 0 aromatic carbocycles. The first-order valence-electron chi connectivity index (χ1n) is 7.16. The van der Waals surface area contributed by atoms with Crippen molar-refractivity contribution in [1.29, 1.82) is 0 Å². The van der Waals surface area contributed by atoms with Gasteiger partial charge >= 0.3 is 0 Å². The van der Waals surface area contributed by atoms with E-state index in [1.165, 1.54) is 12.8 Å². The molecule has 1 rings (SSSR count). The van der Waals surface area contributed by atoms with Gasteiger partial charge in [-0.3, -0.25) is 0 Å². The van der Waals surface area contributed by atoms with Crippen LogP contribution in [0.4, 0.5) is 0 Å². The van der Waals surface area contributed by atoms with Crippen LogP contribution < -0.4 is 0 Å². The minimum absolute atomic E-state index is 0.0618. The molecule has 0 bridgehead atoms. The largest absolute Gasteiger partial charge is 0.393 e. The average molecular weight is 259 g/mol. The Morgan fingerprint density at radius 2 is 1.83 bits per heavy atom. The van der Waals surface area contributed by atoms with Crippen molar-refractivity contribution >= 4 is 0 Å². The smallest absolute Gasteiger partial charge is 0.0589 e. The molecule has 108 valence electrons. The Hall–Kier alpha value is -0.160. The number of hydrogen-bond donors (Lipinski definition) is 1. The molecule has 1 saturated carbocycles. The number of methoxy groups -OCH3 is 2. The van der Waals surface area contributed by atoms with E-state index < -0.39 is 0 Å². The maximum absolute atomic E-state index is 9.83. The zero-order valence-corrected chi connectivity index (χ0v) is 11.9. The third-order valence-electron chi connectivity index (χ3n) is 3.87. The molecule has 1 fully saturated rings. The molecule has 0 amide bonds. The molecular weight excluding hydrogens is 230 g/mol. The predicted molar refractivity (Wildman–Crippen MR) is 72.8 cm³/mol. The summed E-state index contributed by atoms with van der Waals surface area (Å²) in [6.45, 7) is 4.69. The fraction of sp³-hybridized carbons (Fsp3) is 1.00. The topological polar surface area (TPSA) is 41.9 Å². The van der Waals surface area contributed by atoms with Gasteiger partial charge in [-0.05, 0) is 38.1 Å². The molecule has 4 heteroatoms. The van der Waals surface area contributed by atoms with Crippen molar-refractivity contribution in [3.8, 4) is 0 Å². The lowest BCUT2D eigenvalue weighted by atomic mass is 10.0. The Balaban J connectivity index is 2.21. The van der Waals surface area contributed by atoms with Gasteiger partial charge in [0.2, 0.25) is 0 Å². The van der Waals surface area contributed by atoms with Gasteiger partial charge in [-0.15, -0.1) is 0 Å². The monoisotopic (exact) mass is 259 g/mol. The Labute approximate surface area is 111 Å². The van der Waals surface area contributed by atoms with Crippen LogP contribution in [0, 0.1) is 5.92 Å². The first-order chi connectivity index (χ1) is 8.77. The van der Waals surface area contributed by atoms with Crippen LogP contribution in [0.1, 0.15) is 32.1 Å². The molecule has 0 spiro atoms. The molecule has 4 nitrogen and oxygen atoms in total. The van der Waals surface area contributed by atoms with Crippen molar-refractivity contribution in [2.45, 2.75) is 38.2 Å². The molecular formula is C14H29NO3. The van der Waals surface area contributed by atoms with Crippen LogP contribution in [0.15, 0.2) is 0 Å². The summed E-state index contributed by atoms with van der Waals surface area (Å²) in [6.07, 6.45) is 5.48. The van der Waals surface area contributed by atoms with Gasteiger partial charge in [0.25, 0.3) is 0 Å². The van der Waals surface area contributed by atoms with Crippen molar-refractivity contribution in [2.75, 3.05) is 47.1 Å². The molecule has 1 aliphatic rings. The molecule has 0 heterocycles. The van der Waals surface area contributed by atoms with Gasteiger partial charge in [0.05, 0.1) is 12.7 Å². The third-order valence-corrected chi connectivity index (χ3v) is 3.87. The van der Waals surface area contributed by atoms with Crippen molar-refractivity contribution in [3.63, 3.8) is 0 Å². The fourth-order valence-electron chi connectivity index (χ4n) is 2.69. The maximum atomic E-state index is 9.83. The van der Waals surface area contributed by atoms with Gasteiger partial charge in [-0.1, -0.05) is 6.42 Å². The van der Waals surface area contributed by atoms with E-state index in [-0.39, 0.29) is 6.10 Å². The normalized spacial score (nSPS) is 24.0. The van der Waals surface area contributed by atoms with Crippen LogP contribution in [0.2, 0.25) is 0 Å². The van der Waals surface area contributed by atoms with E-state index >= 15 is 0 Å². The molecule has 0 aliphatic heterocycles. The van der Waals surface area contributed by atoms with Crippen LogP contribution in [-0.2, 0) is 9.47 Å². The summed E-state index contributed by atoms with van der Waals surface area (Å²) in [6, 6.07) is 0. The number of nitrogens with zero attached hydrogens (tertiary/aromatic N) is 1. The van der Waals surface area contributed by atoms with Gasteiger partial charge in [0.15, 0.2) is 0 Å². The van der Waals surface area contributed by atoms with Crippen molar-refractivity contribution in [1.82, 2.24) is 4.90 Å². The molecule has 18 heavy (non-hydrogen) atoms. The highest BCUT2D eigenvalue weighted by Crippen LogP contribution is 2.28. The first kappa shape index (κ1) is 15.9. The number of rotatable bonds is 10. The molecule has 2 unspecified atom stereocenters. The van der Waals surface area contributed by atoms with Crippen LogP contribution in [-0.4, -0.2) is 63.2 Å². The Morgan fingerprint density at radius 3 is 2.44 bits per heavy atom. The first-order valence-corrected chi connectivity index (χ1v) is 7.16. The van der Waals surface area contributed by atoms with Crippen molar-refractivity contribution in [2.24, 2.45) is 5.92 Å². The van der Waals surface area contributed by atoms with E-state index in [0.29, 0.717) is 5.92 Å². The molecule has 0 radical (unpaired) electrons. The summed E-state index contributed by atoms with van der Waals surface area (Å²) in [7, 11) is 3.49. The van der Waals surface area contributed by atoms with Crippen molar-refractivity contribution in [3.05, 3.63) is 0 Å². The number of aliphatic hydroxyl groups excluding tert-OH is 1. The predicted octanol–water partition coefficient (Wildman–Crippen LogP) is 1.52. The SMILES string of the molecule is COCCCN(CCOC)CCC1CCCC1O. The lowest BCUT2D eigenvalue weighted by molar-refractivity contribution is 0.103. The highest BCUT2D eigenvalue weighted by Gasteiger charge is 2.25. The summed E-state index contributed by atoms with van der Waals surface area (Å²) >= 11 is 0. The average Bonchev–Trinajstić information content (AvgIpc) is 2.78. The van der Waals surface area contributed by atoms with Gasteiger partial charge in [-0.25, -0.2) is 0 Å². The van der Waals surface area contributed by atoms with Crippen LogP contribution in [0.3, 0.4) is 0 Å². The van der Waals surface area contributed by atoms with Gasteiger partial charge in [-0.2, -0.15) is 0 Å². The second-order valence-electron chi connectivity index (χ2n) is 5.23. The molecule has 2 atom stereocenters. The van der Waals surface area contributed by atoms with Crippen molar-refractivity contribution < 1.29 is 14.6 Å². The number of ether oxygens (including phenoxy) is 2. The zero-order chi connectivity index (χ0) is 13.2. The lowest BCUT2D eigenvalue weighted by Crippen LogP contribution is -2.32. The second kappa shape index (κ2) is 9.73. The van der Waals surface area contributed by atoms with E-state index in [9.17, 15) is 5.11 Å². The number of hydrogen-bond acceptors (Lipinski definition) is 4. The highest BCUT2D eigenvalue weighted by atomic mass is 16.5. The Bertz CT molecular complexity index is 201. The second-order valence-corrected chi connectivity index (χ2v) is 5.23. The maximum Gasteiger partial charge on any atom is 0.0589 e. The van der Waals surface area contributed by atoms with E-state index in [0.717, 1.165) is 52.1 Å². The molecule has 0 aromatic heterocycles. The zero-order valence-electron chi connectivity index (χ0n) is 11.9. The minimum Gasteiger partial charge on any atom is -0.393 e. The summed E-state index contributed by atoms with van der Waals surface area (Å²) in [5.74, 6) is 0.512. The number of aliphatic hydroxyl groups is 1. The quantitative estimate of drug-likeness (QED) is 0.604. The molecule has 1 N–H and O–H groups in total. The summed E-state index contributed by atoms with van der Waals surface area (Å²) < 4.78 is 10.2. The van der Waals surface area contributed by atoms with Crippen LogP contribution >= 0.6 is 0 Å². The standard InChI is InChI=1S/C14H29NO3/c1-17-11-4-8-15(10-12-18-2)9-7-13-5-3-6-14(13)16/h13-14,16H,3-12H2,1-2H3. The van der Waals surface area contributed by atoms with E-state index in [1.54, 1.807) is 14.2 Å². The molecule has 1 aliphatic carbocycles. The summed E-state index contributed by atoms with van der Waals surface area (Å²) in [5.41, 5.74) is 0. The third kappa shape index (κ3) is 6.14. The van der Waals surface area contributed by atoms with E-state index in [1.807, 2.05) is 0 Å². The van der Waals surface area contributed by atoms with E-state index in [2.05, 4.69) is 4.90 Å². The fourth-order valence-corrected chi connectivity index (χ4v) is 2.69. The molecule has 0 aromatic rings. The van der Waals surface area contributed by atoms with Gasteiger partial charge < -0.3 is 19.5 Å². The Morgan fingerprint density at radius 1 is 1.06 bits per heavy atom. The minimum atomic E-state index is -0.0618. The highest BCUT2D eigenvalue weighted by molar-refractivity contribution is 4.77. The van der Waals surface area contributed by atoms with Gasteiger partial charge in [0.1, 0.15) is 0 Å². The van der Waals surface area contributed by atoms with Crippen LogP contribution in [0.25, 0.3) is 0 Å². The molecule has 0 saturated heterocycles.